The highest BCUT2D eigenvalue weighted by Crippen LogP contribution is 2.38. The number of aromatic carboxylic acids is 1. The van der Waals surface area contributed by atoms with E-state index in [2.05, 4.69) is 39.9 Å². The number of carbonyl (C=O) groups is 1. The van der Waals surface area contributed by atoms with Crippen LogP contribution in [0.4, 0.5) is 0 Å². The summed E-state index contributed by atoms with van der Waals surface area (Å²) in [4.78, 5) is 11.6. The molecule has 2 atom stereocenters. The van der Waals surface area contributed by atoms with Gasteiger partial charge in [-0.1, -0.05) is 45.1 Å². The lowest BCUT2D eigenvalue weighted by molar-refractivity contribution is 0.0518. The van der Waals surface area contributed by atoms with Crippen LogP contribution in [0.15, 0.2) is 24.3 Å². The Hall–Kier alpha value is -1.43. The van der Waals surface area contributed by atoms with Crippen LogP contribution in [0.25, 0.3) is 0 Å². The largest absolute Gasteiger partial charge is 0.478 e. The third-order valence-corrected chi connectivity index (χ3v) is 10.2. The van der Waals surface area contributed by atoms with Crippen LogP contribution in [0, 0.1) is 13.8 Å². The van der Waals surface area contributed by atoms with Crippen molar-refractivity contribution in [3.8, 4) is 0 Å². The van der Waals surface area contributed by atoms with Crippen molar-refractivity contribution in [3.63, 3.8) is 0 Å². The fourth-order valence-electron chi connectivity index (χ4n) is 2.94. The van der Waals surface area contributed by atoms with Gasteiger partial charge in [0.1, 0.15) is 0 Å². The molecule has 1 N–H and O–H groups in total. The van der Waals surface area contributed by atoms with Gasteiger partial charge in [-0.05, 0) is 48.7 Å². The number of carboxylic acids is 1. The molecule has 1 aromatic rings. The maximum absolute atomic E-state index is 11.6. The second kappa shape index (κ2) is 7.67. The zero-order chi connectivity index (χ0) is 19.7. The second-order valence-electron chi connectivity index (χ2n) is 8.74. The number of ether oxygens (including phenoxy) is 1. The van der Waals surface area contributed by atoms with Crippen molar-refractivity contribution in [2.45, 2.75) is 78.0 Å². The Morgan fingerprint density at radius 1 is 1.15 bits per heavy atom. The van der Waals surface area contributed by atoms with Crippen molar-refractivity contribution in [2.24, 2.45) is 0 Å². The first kappa shape index (κ1) is 20.9. The molecule has 0 unspecified atom stereocenters. The van der Waals surface area contributed by atoms with Gasteiger partial charge < -0.3 is 14.3 Å². The van der Waals surface area contributed by atoms with E-state index < -0.39 is 14.3 Å². The van der Waals surface area contributed by atoms with Gasteiger partial charge in [-0.3, -0.25) is 0 Å². The molecule has 0 aromatic heterocycles. The lowest BCUT2D eigenvalue weighted by Gasteiger charge is -2.38. The first-order chi connectivity index (χ1) is 11.9. The molecule has 4 nitrogen and oxygen atoms in total. The van der Waals surface area contributed by atoms with Gasteiger partial charge in [-0.25, -0.2) is 4.79 Å². The van der Waals surface area contributed by atoms with Crippen molar-refractivity contribution in [3.05, 3.63) is 46.5 Å². The lowest BCUT2D eigenvalue weighted by Crippen LogP contribution is -2.43. The molecule has 0 amide bonds. The Labute approximate surface area is 158 Å². The van der Waals surface area contributed by atoms with Gasteiger partial charge >= 0.3 is 5.97 Å². The van der Waals surface area contributed by atoms with E-state index in [1.54, 1.807) is 0 Å². The maximum atomic E-state index is 11.6. The average Bonchev–Trinajstić information content (AvgIpc) is 2.93. The average molecular weight is 377 g/mol. The molecule has 2 rings (SSSR count). The molecule has 0 saturated heterocycles. The molecule has 0 aliphatic heterocycles. The monoisotopic (exact) mass is 376 g/mol. The SMILES string of the molecule is Cc1ccc(C)c(C(=O)O)c1CO[C@@H]1C=C[C@H](O[Si](C)(C)C(C)(C)C)C1. The van der Waals surface area contributed by atoms with Gasteiger partial charge in [-0.2, -0.15) is 0 Å². The standard InChI is InChI=1S/C21H32O4Si/c1-14-8-9-15(2)19(20(22)23)18(14)13-24-16-10-11-17(12-16)25-26(6,7)21(3,4)5/h8-11,16-17H,12-13H2,1-7H3,(H,22,23)/t16-,17+/m1/s1. The van der Waals surface area contributed by atoms with Crippen molar-refractivity contribution >= 4 is 14.3 Å². The van der Waals surface area contributed by atoms with Crippen molar-refractivity contribution in [2.75, 3.05) is 0 Å². The van der Waals surface area contributed by atoms with Crippen LogP contribution in [-0.4, -0.2) is 31.6 Å². The highest BCUT2D eigenvalue weighted by atomic mass is 28.4. The normalized spacial score (nSPS) is 20.6. The molecule has 0 radical (unpaired) electrons. The minimum absolute atomic E-state index is 0.0358. The first-order valence-corrected chi connectivity index (χ1v) is 12.1. The molecule has 5 heteroatoms. The predicted molar refractivity (Wildman–Crippen MR) is 107 cm³/mol. The first-order valence-electron chi connectivity index (χ1n) is 9.22. The quantitative estimate of drug-likeness (QED) is 0.545. The van der Waals surface area contributed by atoms with Crippen LogP contribution < -0.4 is 0 Å². The van der Waals surface area contributed by atoms with E-state index in [-0.39, 0.29) is 17.2 Å². The minimum atomic E-state index is -1.81. The molecule has 1 aliphatic rings. The van der Waals surface area contributed by atoms with E-state index >= 15 is 0 Å². The summed E-state index contributed by atoms with van der Waals surface area (Å²) in [6.07, 6.45) is 4.97. The van der Waals surface area contributed by atoms with Crippen LogP contribution in [0.1, 0.15) is 54.2 Å². The molecule has 0 fully saturated rings. The van der Waals surface area contributed by atoms with E-state index in [0.29, 0.717) is 12.2 Å². The molecule has 1 aromatic carbocycles. The van der Waals surface area contributed by atoms with Crippen LogP contribution >= 0.6 is 0 Å². The molecule has 0 saturated carbocycles. The van der Waals surface area contributed by atoms with Crippen molar-refractivity contribution < 1.29 is 19.1 Å². The van der Waals surface area contributed by atoms with Gasteiger partial charge in [0.15, 0.2) is 8.32 Å². The molecule has 0 heterocycles. The van der Waals surface area contributed by atoms with E-state index in [4.69, 9.17) is 9.16 Å². The molecule has 1 aliphatic carbocycles. The van der Waals surface area contributed by atoms with E-state index in [9.17, 15) is 9.90 Å². The fraction of sp³-hybridized carbons (Fsp3) is 0.571. The fourth-order valence-corrected chi connectivity index (χ4v) is 4.23. The van der Waals surface area contributed by atoms with Crippen LogP contribution in [-0.2, 0) is 15.8 Å². The van der Waals surface area contributed by atoms with Crippen LogP contribution in [0.5, 0.6) is 0 Å². The molecule has 144 valence electrons. The number of hydrogen-bond donors (Lipinski definition) is 1. The van der Waals surface area contributed by atoms with Gasteiger partial charge in [0.25, 0.3) is 0 Å². The number of rotatable bonds is 6. The van der Waals surface area contributed by atoms with E-state index in [1.807, 2.05) is 32.1 Å². The third kappa shape index (κ3) is 4.64. The summed E-state index contributed by atoms with van der Waals surface area (Å²) >= 11 is 0. The zero-order valence-corrected chi connectivity index (χ0v) is 18.1. The van der Waals surface area contributed by atoms with Crippen LogP contribution in [0.2, 0.25) is 18.1 Å². The van der Waals surface area contributed by atoms with Crippen molar-refractivity contribution in [1.82, 2.24) is 0 Å². The highest BCUT2D eigenvalue weighted by molar-refractivity contribution is 6.74. The summed E-state index contributed by atoms with van der Waals surface area (Å²) in [6, 6.07) is 3.80. The molecule has 0 spiro atoms. The minimum Gasteiger partial charge on any atom is -0.478 e. The summed E-state index contributed by atoms with van der Waals surface area (Å²) in [5, 5.41) is 9.70. The molecular weight excluding hydrogens is 344 g/mol. The number of hydrogen-bond acceptors (Lipinski definition) is 3. The lowest BCUT2D eigenvalue weighted by atomic mass is 9.98. The number of aryl methyl sites for hydroxylation is 2. The summed E-state index contributed by atoms with van der Waals surface area (Å²) in [7, 11) is -1.81. The Kier molecular flexibility index (Phi) is 6.15. The Balaban J connectivity index is 2.01. The van der Waals surface area contributed by atoms with E-state index in [1.165, 1.54) is 0 Å². The van der Waals surface area contributed by atoms with E-state index in [0.717, 1.165) is 23.1 Å². The van der Waals surface area contributed by atoms with Gasteiger partial charge in [0, 0.05) is 6.42 Å². The van der Waals surface area contributed by atoms with Gasteiger partial charge in [-0.15, -0.1) is 0 Å². The molecule has 26 heavy (non-hydrogen) atoms. The number of carboxylic acid groups (broad SMARTS) is 1. The van der Waals surface area contributed by atoms with Crippen LogP contribution in [0.3, 0.4) is 0 Å². The maximum Gasteiger partial charge on any atom is 0.336 e. The summed E-state index contributed by atoms with van der Waals surface area (Å²) in [6.45, 7) is 15.3. The summed E-state index contributed by atoms with van der Waals surface area (Å²) in [5.41, 5.74) is 2.84. The van der Waals surface area contributed by atoms with Gasteiger partial charge in [0.2, 0.25) is 0 Å². The smallest absolute Gasteiger partial charge is 0.336 e. The predicted octanol–water partition coefficient (Wildman–Crippen LogP) is 5.24. The Bertz CT molecular complexity index is 701. The van der Waals surface area contributed by atoms with Crippen molar-refractivity contribution in [1.29, 1.82) is 0 Å². The zero-order valence-electron chi connectivity index (χ0n) is 17.1. The second-order valence-corrected chi connectivity index (χ2v) is 13.5. The number of benzene rings is 1. The van der Waals surface area contributed by atoms with Gasteiger partial charge in [0.05, 0.1) is 24.4 Å². The Morgan fingerprint density at radius 3 is 2.31 bits per heavy atom. The third-order valence-electron chi connectivity index (χ3n) is 5.67. The summed E-state index contributed by atoms with van der Waals surface area (Å²) < 4.78 is 12.5. The molecule has 0 bridgehead atoms. The topological polar surface area (TPSA) is 55.8 Å². The molecular formula is C21H32O4Si. The highest BCUT2D eigenvalue weighted by Gasteiger charge is 2.39. The Morgan fingerprint density at radius 2 is 1.73 bits per heavy atom. The summed E-state index contributed by atoms with van der Waals surface area (Å²) in [5.74, 6) is -0.897.